The smallest absolute Gasteiger partial charge is 0.135 e. The average molecular weight is 385 g/mol. The highest BCUT2D eigenvalue weighted by Gasteiger charge is 2.21. The number of benzene rings is 1. The lowest BCUT2D eigenvalue weighted by Crippen LogP contribution is -2.33. The number of ether oxygens (including phenoxy) is 1. The molecule has 2 N–H and O–H groups in total. The largest absolute Gasteiger partial charge is 0.497 e. The van der Waals surface area contributed by atoms with Crippen LogP contribution in [0, 0.1) is 5.92 Å². The fourth-order valence-corrected chi connectivity index (χ4v) is 3.41. The van der Waals surface area contributed by atoms with Crippen molar-refractivity contribution in [2.75, 3.05) is 30.5 Å². The Morgan fingerprint density at radius 3 is 2.57 bits per heavy atom. The van der Waals surface area contributed by atoms with Gasteiger partial charge in [-0.2, -0.15) is 0 Å². The molecule has 3 rings (SSSR count). The SMILES string of the molecule is COc1ccc2c(c1)CCN(c1cc(N[C@@H](CO)C(C)C)nc(C(C)C)n1)C2. The lowest BCUT2D eigenvalue weighted by atomic mass is 9.99. The fourth-order valence-electron chi connectivity index (χ4n) is 3.41. The molecule has 0 saturated heterocycles. The molecule has 0 amide bonds. The van der Waals surface area contributed by atoms with Gasteiger partial charge < -0.3 is 20.1 Å². The van der Waals surface area contributed by atoms with Crippen molar-refractivity contribution in [1.29, 1.82) is 0 Å². The van der Waals surface area contributed by atoms with Crippen LogP contribution in [0.4, 0.5) is 11.6 Å². The molecule has 1 aliphatic heterocycles. The Balaban J connectivity index is 1.88. The van der Waals surface area contributed by atoms with Gasteiger partial charge in [-0.05, 0) is 35.6 Å². The second kappa shape index (κ2) is 8.78. The highest BCUT2D eigenvalue weighted by molar-refractivity contribution is 5.52. The maximum atomic E-state index is 9.68. The van der Waals surface area contributed by atoms with Crippen molar-refractivity contribution in [1.82, 2.24) is 9.97 Å². The van der Waals surface area contributed by atoms with Gasteiger partial charge in [0.25, 0.3) is 0 Å². The van der Waals surface area contributed by atoms with Crippen molar-refractivity contribution in [3.63, 3.8) is 0 Å². The normalized spacial score (nSPS) is 14.9. The molecule has 0 unspecified atom stereocenters. The van der Waals surface area contributed by atoms with Gasteiger partial charge >= 0.3 is 0 Å². The Labute approximate surface area is 168 Å². The van der Waals surface area contributed by atoms with Crippen LogP contribution in [0.1, 0.15) is 50.6 Å². The minimum Gasteiger partial charge on any atom is -0.497 e. The van der Waals surface area contributed by atoms with Crippen LogP contribution < -0.4 is 15.0 Å². The van der Waals surface area contributed by atoms with E-state index >= 15 is 0 Å². The maximum absolute atomic E-state index is 9.68. The molecule has 0 fully saturated rings. The van der Waals surface area contributed by atoms with Gasteiger partial charge in [0.2, 0.25) is 0 Å². The van der Waals surface area contributed by atoms with Crippen LogP contribution >= 0.6 is 0 Å². The molecule has 28 heavy (non-hydrogen) atoms. The topological polar surface area (TPSA) is 70.5 Å². The molecule has 2 heterocycles. The van der Waals surface area contributed by atoms with Gasteiger partial charge in [-0.1, -0.05) is 33.8 Å². The highest BCUT2D eigenvalue weighted by atomic mass is 16.5. The molecule has 6 nitrogen and oxygen atoms in total. The number of methoxy groups -OCH3 is 1. The number of nitrogens with zero attached hydrogens (tertiary/aromatic N) is 3. The van der Waals surface area contributed by atoms with E-state index in [0.29, 0.717) is 5.92 Å². The third kappa shape index (κ3) is 4.55. The molecule has 1 aromatic carbocycles. The number of anilines is 2. The summed E-state index contributed by atoms with van der Waals surface area (Å²) in [6, 6.07) is 8.27. The van der Waals surface area contributed by atoms with Crippen molar-refractivity contribution in [3.8, 4) is 5.75 Å². The molecule has 0 aliphatic carbocycles. The molecule has 1 atom stereocenters. The van der Waals surface area contributed by atoms with Crippen molar-refractivity contribution in [2.45, 2.75) is 52.6 Å². The number of aliphatic hydroxyl groups excluding tert-OH is 1. The Morgan fingerprint density at radius 1 is 1.14 bits per heavy atom. The summed E-state index contributed by atoms with van der Waals surface area (Å²) in [4.78, 5) is 11.8. The van der Waals surface area contributed by atoms with Gasteiger partial charge in [0.15, 0.2) is 0 Å². The molecule has 0 bridgehead atoms. The van der Waals surface area contributed by atoms with Gasteiger partial charge in [0.1, 0.15) is 23.2 Å². The summed E-state index contributed by atoms with van der Waals surface area (Å²) in [6.45, 7) is 10.2. The number of hydrogen-bond acceptors (Lipinski definition) is 6. The maximum Gasteiger partial charge on any atom is 0.135 e. The molecule has 6 heteroatoms. The third-order valence-corrected chi connectivity index (χ3v) is 5.33. The summed E-state index contributed by atoms with van der Waals surface area (Å²) in [5.41, 5.74) is 2.65. The van der Waals surface area contributed by atoms with E-state index < -0.39 is 0 Å². The lowest BCUT2D eigenvalue weighted by Gasteiger charge is -2.31. The first-order valence-corrected chi connectivity index (χ1v) is 10.1. The van der Waals surface area contributed by atoms with Crippen molar-refractivity contribution < 1.29 is 9.84 Å². The molecular formula is C22H32N4O2. The first-order chi connectivity index (χ1) is 13.4. The van der Waals surface area contributed by atoms with E-state index in [0.717, 1.165) is 42.7 Å². The average Bonchev–Trinajstić information content (AvgIpc) is 2.70. The van der Waals surface area contributed by atoms with Crippen LogP contribution in [0.15, 0.2) is 24.3 Å². The van der Waals surface area contributed by atoms with Crippen molar-refractivity contribution in [3.05, 3.63) is 41.2 Å². The highest BCUT2D eigenvalue weighted by Crippen LogP contribution is 2.28. The van der Waals surface area contributed by atoms with E-state index in [1.165, 1.54) is 11.1 Å². The number of fused-ring (bicyclic) bond motifs is 1. The zero-order valence-electron chi connectivity index (χ0n) is 17.6. The van der Waals surface area contributed by atoms with Crippen molar-refractivity contribution in [2.24, 2.45) is 5.92 Å². The summed E-state index contributed by atoms with van der Waals surface area (Å²) in [7, 11) is 1.70. The van der Waals surface area contributed by atoms with Gasteiger partial charge in [-0.15, -0.1) is 0 Å². The zero-order valence-corrected chi connectivity index (χ0v) is 17.6. The quantitative estimate of drug-likeness (QED) is 0.760. The van der Waals surface area contributed by atoms with Gasteiger partial charge in [-0.3, -0.25) is 0 Å². The molecular weight excluding hydrogens is 352 g/mol. The summed E-state index contributed by atoms with van der Waals surface area (Å²) in [5, 5.41) is 13.1. The summed E-state index contributed by atoms with van der Waals surface area (Å²) in [6.07, 6.45) is 0.960. The Morgan fingerprint density at radius 2 is 1.93 bits per heavy atom. The number of aromatic nitrogens is 2. The predicted molar refractivity (Wildman–Crippen MR) is 113 cm³/mol. The first-order valence-electron chi connectivity index (χ1n) is 10.1. The van der Waals surface area contributed by atoms with Gasteiger partial charge in [0.05, 0.1) is 19.8 Å². The van der Waals surface area contributed by atoms with E-state index in [1.807, 2.05) is 12.1 Å². The number of nitrogens with one attached hydrogen (secondary N) is 1. The standard InChI is InChI=1S/C22H32N4O2/c1-14(2)19(13-27)23-20-11-21(25-22(24-20)15(3)4)26-9-8-16-10-18(28-5)7-6-17(16)12-26/h6-7,10-11,14-15,19,27H,8-9,12-13H2,1-5H3,(H,23,24,25)/t19-/m0/s1. The zero-order chi connectivity index (χ0) is 20.3. The van der Waals surface area contributed by atoms with Gasteiger partial charge in [-0.25, -0.2) is 9.97 Å². The predicted octanol–water partition coefficient (Wildman–Crippen LogP) is 3.60. The van der Waals surface area contributed by atoms with Crippen LogP contribution in [0.25, 0.3) is 0 Å². The Bertz CT molecular complexity index is 807. The summed E-state index contributed by atoms with van der Waals surface area (Å²) in [5.74, 6) is 3.98. The lowest BCUT2D eigenvalue weighted by molar-refractivity contribution is 0.249. The molecule has 0 spiro atoms. The Hall–Kier alpha value is -2.34. The van der Waals surface area contributed by atoms with Crippen LogP contribution in [0.2, 0.25) is 0 Å². The number of hydrogen-bond donors (Lipinski definition) is 2. The minimum atomic E-state index is -0.0303. The second-order valence-corrected chi connectivity index (χ2v) is 8.11. The molecule has 1 aliphatic rings. The molecule has 2 aromatic rings. The summed E-state index contributed by atoms with van der Waals surface area (Å²) >= 11 is 0. The minimum absolute atomic E-state index is 0.0303. The number of rotatable bonds is 7. The van der Waals surface area contributed by atoms with Gasteiger partial charge in [0, 0.05) is 25.1 Å². The monoisotopic (exact) mass is 384 g/mol. The van der Waals surface area contributed by atoms with E-state index in [1.54, 1.807) is 7.11 Å². The Kier molecular flexibility index (Phi) is 6.39. The molecule has 152 valence electrons. The van der Waals surface area contributed by atoms with Crippen LogP contribution in [-0.4, -0.2) is 41.4 Å². The molecule has 1 aromatic heterocycles. The van der Waals surface area contributed by atoms with Crippen LogP contribution in [0.3, 0.4) is 0 Å². The van der Waals surface area contributed by atoms with E-state index in [2.05, 4.69) is 55.0 Å². The van der Waals surface area contributed by atoms with E-state index in [4.69, 9.17) is 9.72 Å². The van der Waals surface area contributed by atoms with Crippen molar-refractivity contribution >= 4 is 11.6 Å². The number of aliphatic hydroxyl groups is 1. The first kappa shape index (κ1) is 20.4. The van der Waals surface area contributed by atoms with Crippen LogP contribution in [0.5, 0.6) is 5.75 Å². The molecule has 0 saturated carbocycles. The molecule has 0 radical (unpaired) electrons. The van der Waals surface area contributed by atoms with Crippen LogP contribution in [-0.2, 0) is 13.0 Å². The van der Waals surface area contributed by atoms with E-state index in [9.17, 15) is 5.11 Å². The third-order valence-electron chi connectivity index (χ3n) is 5.33. The fraction of sp³-hybridized carbons (Fsp3) is 0.545. The second-order valence-electron chi connectivity index (χ2n) is 8.11. The van der Waals surface area contributed by atoms with E-state index in [-0.39, 0.29) is 18.6 Å². The summed E-state index contributed by atoms with van der Waals surface area (Å²) < 4.78 is 5.35.